The molecule has 1 aliphatic heterocycles. The minimum absolute atomic E-state index is 0.0600. The first-order valence-electron chi connectivity index (χ1n) is 11.3. The first-order valence-corrected chi connectivity index (χ1v) is 11.3. The zero-order valence-corrected chi connectivity index (χ0v) is 19.7. The number of carbonyl (C=O) groups is 2. The highest BCUT2D eigenvalue weighted by Gasteiger charge is 2.47. The number of carbonyl (C=O) groups excluding carboxylic acids is 2. The minimum atomic E-state index is -0.974. The van der Waals surface area contributed by atoms with Crippen LogP contribution >= 0.6 is 0 Å². The van der Waals surface area contributed by atoms with Crippen molar-refractivity contribution in [2.24, 2.45) is 0 Å². The molecule has 1 heterocycles. The van der Waals surface area contributed by atoms with Crippen molar-refractivity contribution < 1.29 is 29.1 Å². The number of anilines is 1. The summed E-state index contributed by atoms with van der Waals surface area (Å²) in [5, 5.41) is 22.4. The van der Waals surface area contributed by atoms with Crippen molar-refractivity contribution >= 4 is 28.8 Å². The van der Waals surface area contributed by atoms with Crippen molar-refractivity contribution in [2.75, 3.05) is 18.6 Å². The molecule has 4 rings (SSSR count). The van der Waals surface area contributed by atoms with Gasteiger partial charge in [-0.15, -0.1) is 0 Å². The lowest BCUT2D eigenvalue weighted by atomic mass is 9.95. The summed E-state index contributed by atoms with van der Waals surface area (Å²) in [5.74, 6) is -1.03. The summed E-state index contributed by atoms with van der Waals surface area (Å²) in [6, 6.07) is 17.8. The van der Waals surface area contributed by atoms with Crippen LogP contribution in [-0.4, -0.2) is 35.4 Å². The van der Waals surface area contributed by atoms with Gasteiger partial charge in [0.15, 0.2) is 0 Å². The maximum Gasteiger partial charge on any atom is 0.300 e. The van der Waals surface area contributed by atoms with Crippen LogP contribution in [0.3, 0.4) is 0 Å². The Labute approximate surface area is 207 Å². The lowest BCUT2D eigenvalue weighted by molar-refractivity contribution is -0.384. The number of non-ortho nitro benzene ring substituents is 1. The maximum absolute atomic E-state index is 13.2. The van der Waals surface area contributed by atoms with Gasteiger partial charge in [-0.1, -0.05) is 31.2 Å². The van der Waals surface area contributed by atoms with E-state index in [9.17, 15) is 24.8 Å². The second-order valence-corrected chi connectivity index (χ2v) is 8.09. The molecule has 0 spiro atoms. The molecule has 0 aromatic heterocycles. The predicted octanol–water partition coefficient (Wildman–Crippen LogP) is 5.02. The second-order valence-electron chi connectivity index (χ2n) is 8.09. The van der Waals surface area contributed by atoms with Gasteiger partial charge >= 0.3 is 0 Å². The summed E-state index contributed by atoms with van der Waals surface area (Å²) in [6.45, 7) is 2.53. The van der Waals surface area contributed by atoms with Gasteiger partial charge in [-0.3, -0.25) is 24.6 Å². The van der Waals surface area contributed by atoms with Crippen molar-refractivity contribution in [3.63, 3.8) is 0 Å². The molecule has 1 atom stereocenters. The van der Waals surface area contributed by atoms with Crippen molar-refractivity contribution in [1.82, 2.24) is 0 Å². The van der Waals surface area contributed by atoms with Gasteiger partial charge in [0.25, 0.3) is 17.4 Å². The quantitative estimate of drug-likeness (QED) is 0.155. The van der Waals surface area contributed by atoms with Crippen molar-refractivity contribution in [2.45, 2.75) is 19.4 Å². The van der Waals surface area contributed by atoms with Crippen LogP contribution in [0.1, 0.15) is 30.5 Å². The van der Waals surface area contributed by atoms with E-state index in [2.05, 4.69) is 0 Å². The molecule has 1 amide bonds. The van der Waals surface area contributed by atoms with Gasteiger partial charge in [0.05, 0.1) is 30.3 Å². The third-order valence-electron chi connectivity index (χ3n) is 5.79. The number of nitro benzene ring substituents is 1. The number of nitro groups is 1. The molecule has 9 nitrogen and oxygen atoms in total. The van der Waals surface area contributed by atoms with Crippen LogP contribution in [0.25, 0.3) is 5.76 Å². The fourth-order valence-corrected chi connectivity index (χ4v) is 4.05. The van der Waals surface area contributed by atoms with E-state index in [4.69, 9.17) is 9.47 Å². The molecular weight excluding hydrogens is 464 g/mol. The molecule has 36 heavy (non-hydrogen) atoms. The predicted molar refractivity (Wildman–Crippen MR) is 133 cm³/mol. The van der Waals surface area contributed by atoms with E-state index in [1.165, 1.54) is 30.2 Å². The normalized spacial score (nSPS) is 16.7. The number of aliphatic hydroxyl groups is 1. The molecule has 1 fully saturated rings. The number of hydrogen-bond acceptors (Lipinski definition) is 7. The van der Waals surface area contributed by atoms with E-state index in [0.29, 0.717) is 29.4 Å². The zero-order chi connectivity index (χ0) is 25.8. The van der Waals surface area contributed by atoms with Gasteiger partial charge in [-0.25, -0.2) is 0 Å². The smallest absolute Gasteiger partial charge is 0.300 e. The largest absolute Gasteiger partial charge is 0.507 e. The molecule has 0 aliphatic carbocycles. The standard InChI is InChI=1S/C27H24N2O7/c1-3-15-36-22-11-7-17(8-12-22)24-23(25(30)18-5-4-6-20(16-18)29(33)34)26(31)27(32)28(24)19-9-13-21(35-2)14-10-19/h4-14,16,24,30H,3,15H2,1-2H3/b25-23-. The number of nitrogens with zero attached hydrogens (tertiary/aromatic N) is 2. The topological polar surface area (TPSA) is 119 Å². The molecule has 0 bridgehead atoms. The fourth-order valence-electron chi connectivity index (χ4n) is 4.05. The molecule has 1 unspecified atom stereocenters. The van der Waals surface area contributed by atoms with Crippen molar-refractivity contribution in [3.8, 4) is 11.5 Å². The summed E-state index contributed by atoms with van der Waals surface area (Å²) in [5.41, 5.74) is 0.619. The first kappa shape index (κ1) is 24.5. The summed E-state index contributed by atoms with van der Waals surface area (Å²) >= 11 is 0. The minimum Gasteiger partial charge on any atom is -0.507 e. The lowest BCUT2D eigenvalue weighted by Crippen LogP contribution is -2.29. The van der Waals surface area contributed by atoms with Crippen LogP contribution in [0.2, 0.25) is 0 Å². The summed E-state index contributed by atoms with van der Waals surface area (Å²) in [4.78, 5) is 38.4. The number of benzene rings is 3. The fraction of sp³-hybridized carbons (Fsp3) is 0.185. The molecule has 3 aromatic carbocycles. The summed E-state index contributed by atoms with van der Waals surface area (Å²) in [7, 11) is 1.52. The molecule has 1 aliphatic rings. The Hall–Kier alpha value is -4.66. The zero-order valence-electron chi connectivity index (χ0n) is 19.7. The van der Waals surface area contributed by atoms with Crippen molar-refractivity contribution in [3.05, 3.63) is 99.6 Å². The lowest BCUT2D eigenvalue weighted by Gasteiger charge is -2.25. The van der Waals surface area contributed by atoms with Crippen LogP contribution in [0.5, 0.6) is 11.5 Å². The van der Waals surface area contributed by atoms with Gasteiger partial charge < -0.3 is 14.6 Å². The average Bonchev–Trinajstić information content (AvgIpc) is 3.17. The van der Waals surface area contributed by atoms with Gasteiger partial charge in [0.2, 0.25) is 0 Å². The Morgan fingerprint density at radius 2 is 1.69 bits per heavy atom. The molecule has 9 heteroatoms. The number of hydrogen-bond donors (Lipinski definition) is 1. The Bertz CT molecular complexity index is 1330. The number of ketones is 1. The number of amides is 1. The van der Waals surface area contributed by atoms with E-state index in [0.717, 1.165) is 12.5 Å². The Kier molecular flexibility index (Phi) is 7.00. The van der Waals surface area contributed by atoms with Gasteiger partial charge in [-0.2, -0.15) is 0 Å². The van der Waals surface area contributed by atoms with E-state index in [-0.39, 0.29) is 16.8 Å². The molecule has 3 aromatic rings. The Balaban J connectivity index is 1.87. The van der Waals surface area contributed by atoms with E-state index in [1.807, 2.05) is 6.92 Å². The highest BCUT2D eigenvalue weighted by atomic mass is 16.6. The van der Waals surface area contributed by atoms with Crippen LogP contribution in [0, 0.1) is 10.1 Å². The second kappa shape index (κ2) is 10.3. The number of rotatable bonds is 8. The number of Topliss-reactive ketones (excluding diaryl/α,β-unsaturated/α-hetero) is 1. The molecule has 184 valence electrons. The third-order valence-corrected chi connectivity index (χ3v) is 5.79. The Morgan fingerprint density at radius 3 is 2.31 bits per heavy atom. The van der Waals surface area contributed by atoms with Gasteiger partial charge in [0.1, 0.15) is 17.3 Å². The summed E-state index contributed by atoms with van der Waals surface area (Å²) < 4.78 is 10.8. The number of methoxy groups -OCH3 is 1. The number of aliphatic hydroxyl groups excluding tert-OH is 1. The van der Waals surface area contributed by atoms with E-state index in [1.54, 1.807) is 48.5 Å². The highest BCUT2D eigenvalue weighted by molar-refractivity contribution is 6.51. The van der Waals surface area contributed by atoms with Crippen molar-refractivity contribution in [1.29, 1.82) is 0 Å². The SMILES string of the molecule is CCCOc1ccc(C2/C(=C(/O)c3cccc([N+](=O)[O-])c3)C(=O)C(=O)N2c2ccc(OC)cc2)cc1. The van der Waals surface area contributed by atoms with Crippen LogP contribution in [0.15, 0.2) is 78.4 Å². The van der Waals surface area contributed by atoms with E-state index < -0.39 is 28.4 Å². The first-order chi connectivity index (χ1) is 17.3. The number of ether oxygens (including phenoxy) is 2. The average molecular weight is 488 g/mol. The monoisotopic (exact) mass is 488 g/mol. The highest BCUT2D eigenvalue weighted by Crippen LogP contribution is 2.43. The van der Waals surface area contributed by atoms with E-state index >= 15 is 0 Å². The Morgan fingerprint density at radius 1 is 1.03 bits per heavy atom. The van der Waals surface area contributed by atoms with Crippen LogP contribution < -0.4 is 14.4 Å². The molecule has 0 radical (unpaired) electrons. The molecular formula is C27H24N2O7. The maximum atomic E-state index is 13.2. The van der Waals surface area contributed by atoms with Gasteiger partial charge in [0, 0.05) is 23.4 Å². The molecule has 0 saturated carbocycles. The van der Waals surface area contributed by atoms with Crippen LogP contribution in [0.4, 0.5) is 11.4 Å². The van der Waals surface area contributed by atoms with Gasteiger partial charge in [-0.05, 0) is 48.4 Å². The summed E-state index contributed by atoms with van der Waals surface area (Å²) in [6.07, 6.45) is 0.836. The molecule has 1 N–H and O–H groups in total. The van der Waals surface area contributed by atoms with Crippen LogP contribution in [-0.2, 0) is 9.59 Å². The third kappa shape index (κ3) is 4.63. The molecule has 1 saturated heterocycles.